The number of hydrogen-bond acceptors (Lipinski definition) is 8. The monoisotopic (exact) mass is 656 g/mol. The molecule has 0 radical (unpaired) electrons. The SMILES string of the molecule is CCS[C@H](NC(=O)[C@H](Cc1ccccc1)NS(=O)(=O)N1CCOCC1)C(=O)NC(CC1CCCCC1)C(O)C(O)CC(C)C. The third kappa shape index (κ3) is 11.9. The molecule has 5 N–H and O–H groups in total. The Bertz CT molecular complexity index is 1110. The molecular weight excluding hydrogens is 604 g/mol. The zero-order valence-corrected chi connectivity index (χ0v) is 28.0. The summed E-state index contributed by atoms with van der Waals surface area (Å²) in [4.78, 5) is 27.4. The predicted molar refractivity (Wildman–Crippen MR) is 173 cm³/mol. The molecule has 0 aromatic heterocycles. The lowest BCUT2D eigenvalue weighted by Gasteiger charge is -2.34. The second-order valence-electron chi connectivity index (χ2n) is 12.3. The first kappa shape index (κ1) is 36.7. The van der Waals surface area contributed by atoms with E-state index in [2.05, 4.69) is 15.4 Å². The van der Waals surface area contributed by atoms with Crippen molar-refractivity contribution in [3.05, 3.63) is 35.9 Å². The summed E-state index contributed by atoms with van der Waals surface area (Å²) in [6, 6.07) is 7.24. The van der Waals surface area contributed by atoms with E-state index < -0.39 is 51.7 Å². The molecule has 2 amide bonds. The molecule has 11 nitrogen and oxygen atoms in total. The van der Waals surface area contributed by atoms with Crippen LogP contribution in [0.5, 0.6) is 0 Å². The van der Waals surface area contributed by atoms with E-state index in [0.717, 1.165) is 31.2 Å². The number of morpholine rings is 1. The molecule has 2 fully saturated rings. The van der Waals surface area contributed by atoms with Crippen LogP contribution in [0.1, 0.15) is 71.3 Å². The molecule has 1 aromatic carbocycles. The summed E-state index contributed by atoms with van der Waals surface area (Å²) in [5, 5.41) is 26.6. The van der Waals surface area contributed by atoms with Gasteiger partial charge in [-0.15, -0.1) is 11.8 Å². The Morgan fingerprint density at radius 3 is 2.30 bits per heavy atom. The predicted octanol–water partition coefficient (Wildman–Crippen LogP) is 2.18. The number of ether oxygens (including phenoxy) is 1. The van der Waals surface area contributed by atoms with Crippen molar-refractivity contribution in [3.8, 4) is 0 Å². The summed E-state index contributed by atoms with van der Waals surface area (Å²) in [6.45, 7) is 6.69. The van der Waals surface area contributed by atoms with Crippen LogP contribution in [0.3, 0.4) is 0 Å². The Hall–Kier alpha value is -1.74. The van der Waals surface area contributed by atoms with Gasteiger partial charge in [-0.1, -0.05) is 83.2 Å². The van der Waals surface area contributed by atoms with Gasteiger partial charge in [-0.25, -0.2) is 0 Å². The Morgan fingerprint density at radius 2 is 1.68 bits per heavy atom. The number of carbonyl (C=O) groups excluding carboxylic acids is 2. The maximum Gasteiger partial charge on any atom is 0.280 e. The van der Waals surface area contributed by atoms with E-state index in [4.69, 9.17) is 4.74 Å². The second-order valence-corrected chi connectivity index (χ2v) is 15.3. The van der Waals surface area contributed by atoms with E-state index in [1.54, 1.807) is 0 Å². The molecular formula is C31H52N4O7S2. The molecule has 1 aliphatic carbocycles. The highest BCUT2D eigenvalue weighted by Crippen LogP contribution is 2.29. The molecule has 0 bridgehead atoms. The van der Waals surface area contributed by atoms with Crippen molar-refractivity contribution in [3.63, 3.8) is 0 Å². The summed E-state index contributed by atoms with van der Waals surface area (Å²) < 4.78 is 35.6. The number of nitrogens with zero attached hydrogens (tertiary/aromatic N) is 1. The molecule has 1 saturated carbocycles. The smallest absolute Gasteiger partial charge is 0.280 e. The van der Waals surface area contributed by atoms with Gasteiger partial charge in [0, 0.05) is 13.1 Å². The van der Waals surface area contributed by atoms with Gasteiger partial charge in [0.1, 0.15) is 12.1 Å². The fourth-order valence-electron chi connectivity index (χ4n) is 5.87. The topological polar surface area (TPSA) is 157 Å². The standard InChI is InChI=1S/C31H52N4O7S2/c1-4-43-31(30(39)32-25(20-23-11-7-5-8-12-23)28(37)27(36)19-22(2)3)33-29(38)26(21-24-13-9-6-10-14-24)34-44(40,41)35-15-17-42-18-16-35/h6,9-10,13-14,22-23,25-28,31,34,36-37H,4-5,7-8,11-12,15-21H2,1-3H3,(H,32,39)(H,33,38)/t25?,26-,27?,28?,31-/m0/s1. The lowest BCUT2D eigenvalue weighted by molar-refractivity contribution is -0.129. The highest BCUT2D eigenvalue weighted by atomic mass is 32.2. The number of hydrogen-bond donors (Lipinski definition) is 5. The minimum atomic E-state index is -4.01. The first-order chi connectivity index (χ1) is 21.0. The van der Waals surface area contributed by atoms with Crippen LogP contribution < -0.4 is 15.4 Å². The fraction of sp³-hybridized carbons (Fsp3) is 0.742. The summed E-state index contributed by atoms with van der Waals surface area (Å²) >= 11 is 1.21. The minimum Gasteiger partial charge on any atom is -0.390 e. The number of aliphatic hydroxyl groups excluding tert-OH is 2. The minimum absolute atomic E-state index is 0.0891. The molecule has 5 atom stereocenters. The van der Waals surface area contributed by atoms with E-state index in [0.29, 0.717) is 24.5 Å². The van der Waals surface area contributed by atoms with Crippen molar-refractivity contribution in [2.45, 2.75) is 102 Å². The largest absolute Gasteiger partial charge is 0.390 e. The Labute approximate surface area is 267 Å². The van der Waals surface area contributed by atoms with Crippen LogP contribution in [-0.2, 0) is 31.0 Å². The number of benzene rings is 1. The molecule has 1 heterocycles. The molecule has 1 aliphatic heterocycles. The number of nitrogens with one attached hydrogen (secondary N) is 3. The molecule has 250 valence electrons. The maximum atomic E-state index is 13.7. The summed E-state index contributed by atoms with van der Waals surface area (Å²) in [5.74, 6) is -0.123. The van der Waals surface area contributed by atoms with Gasteiger partial charge < -0.3 is 25.6 Å². The van der Waals surface area contributed by atoms with Gasteiger partial charge in [0.15, 0.2) is 5.37 Å². The maximum absolute atomic E-state index is 13.7. The number of aliphatic hydroxyl groups is 2. The summed E-state index contributed by atoms with van der Waals surface area (Å²) in [6.07, 6.45) is 4.26. The van der Waals surface area contributed by atoms with Crippen molar-refractivity contribution in [1.82, 2.24) is 19.7 Å². The normalized spacial score (nSPS) is 20.4. The molecule has 3 unspecified atom stereocenters. The van der Waals surface area contributed by atoms with Gasteiger partial charge in [-0.05, 0) is 42.4 Å². The van der Waals surface area contributed by atoms with Crippen molar-refractivity contribution in [2.75, 3.05) is 32.1 Å². The van der Waals surface area contributed by atoms with Crippen LogP contribution in [0, 0.1) is 11.8 Å². The highest BCUT2D eigenvalue weighted by Gasteiger charge is 2.35. The Balaban J connectivity index is 1.77. The first-order valence-corrected chi connectivity index (χ1v) is 18.5. The van der Waals surface area contributed by atoms with Gasteiger partial charge in [0.05, 0.1) is 25.4 Å². The zero-order valence-electron chi connectivity index (χ0n) is 26.3. The van der Waals surface area contributed by atoms with Crippen molar-refractivity contribution >= 4 is 33.8 Å². The Kier molecular flexibility index (Phi) is 15.4. The molecule has 1 saturated heterocycles. The van der Waals surface area contributed by atoms with Crippen LogP contribution in [0.4, 0.5) is 0 Å². The van der Waals surface area contributed by atoms with E-state index in [9.17, 15) is 28.2 Å². The number of carbonyl (C=O) groups is 2. The van der Waals surface area contributed by atoms with Crippen LogP contribution >= 0.6 is 11.8 Å². The third-order valence-corrected chi connectivity index (χ3v) is 10.8. The Morgan fingerprint density at radius 1 is 1.02 bits per heavy atom. The van der Waals surface area contributed by atoms with Crippen LogP contribution in [0.15, 0.2) is 30.3 Å². The first-order valence-electron chi connectivity index (χ1n) is 16.0. The van der Waals surface area contributed by atoms with Crippen molar-refractivity contribution in [1.29, 1.82) is 0 Å². The van der Waals surface area contributed by atoms with Gasteiger partial charge in [-0.3, -0.25) is 9.59 Å². The number of rotatable bonds is 17. The summed E-state index contributed by atoms with van der Waals surface area (Å²) in [7, 11) is -4.01. The lowest BCUT2D eigenvalue weighted by Crippen LogP contribution is -2.58. The quantitative estimate of drug-likeness (QED) is 0.160. The molecule has 1 aromatic rings. The van der Waals surface area contributed by atoms with Gasteiger partial charge in [-0.2, -0.15) is 17.4 Å². The molecule has 2 aliphatic rings. The molecule has 44 heavy (non-hydrogen) atoms. The third-order valence-electron chi connectivity index (χ3n) is 8.20. The van der Waals surface area contributed by atoms with Gasteiger partial charge in [0.2, 0.25) is 5.91 Å². The van der Waals surface area contributed by atoms with Crippen LogP contribution in [0.2, 0.25) is 0 Å². The number of thioether (sulfide) groups is 1. The average Bonchev–Trinajstić information content (AvgIpc) is 3.00. The second kappa shape index (κ2) is 18.4. The van der Waals surface area contributed by atoms with Crippen molar-refractivity contribution < 1.29 is 33.0 Å². The van der Waals surface area contributed by atoms with E-state index in [-0.39, 0.29) is 38.6 Å². The molecule has 0 spiro atoms. The average molecular weight is 657 g/mol. The highest BCUT2D eigenvalue weighted by molar-refractivity contribution is 8.00. The lowest BCUT2D eigenvalue weighted by atomic mass is 9.82. The van der Waals surface area contributed by atoms with Crippen LogP contribution in [0.25, 0.3) is 0 Å². The van der Waals surface area contributed by atoms with Gasteiger partial charge in [0.25, 0.3) is 16.1 Å². The van der Waals surface area contributed by atoms with E-state index in [1.165, 1.54) is 22.5 Å². The van der Waals surface area contributed by atoms with Gasteiger partial charge >= 0.3 is 0 Å². The zero-order chi connectivity index (χ0) is 32.1. The van der Waals surface area contributed by atoms with E-state index in [1.807, 2.05) is 51.1 Å². The molecule has 3 rings (SSSR count). The molecule has 13 heteroatoms. The van der Waals surface area contributed by atoms with Crippen molar-refractivity contribution in [2.24, 2.45) is 11.8 Å². The summed E-state index contributed by atoms with van der Waals surface area (Å²) in [5.41, 5.74) is 0.760. The fourth-order valence-corrected chi connectivity index (χ4v) is 7.95. The van der Waals surface area contributed by atoms with E-state index >= 15 is 0 Å². The van der Waals surface area contributed by atoms with Crippen LogP contribution in [-0.4, -0.2) is 96.5 Å². The number of amides is 2.